The van der Waals surface area contributed by atoms with E-state index < -0.39 is 11.9 Å². The highest BCUT2D eigenvalue weighted by Gasteiger charge is 2.26. The van der Waals surface area contributed by atoms with Crippen LogP contribution >= 0.6 is 0 Å². The van der Waals surface area contributed by atoms with Crippen LogP contribution in [0.2, 0.25) is 0 Å². The molecule has 6 rings (SSSR count). The highest BCUT2D eigenvalue weighted by atomic mass is 16.5. The number of ether oxygens (including phenoxy) is 2. The van der Waals surface area contributed by atoms with Crippen molar-refractivity contribution < 1.29 is 23.9 Å². The van der Waals surface area contributed by atoms with Crippen molar-refractivity contribution in [2.75, 3.05) is 33.4 Å². The summed E-state index contributed by atoms with van der Waals surface area (Å²) in [6, 6.07) is 21.3. The number of amides is 3. The molecule has 3 aromatic carbocycles. The Kier molecular flexibility index (Phi) is 9.99. The second kappa shape index (κ2) is 14.8. The fourth-order valence-electron chi connectivity index (χ4n) is 5.92. The van der Waals surface area contributed by atoms with Crippen molar-refractivity contribution in [2.24, 2.45) is 7.05 Å². The number of aromatic nitrogens is 4. The van der Waals surface area contributed by atoms with E-state index in [1.807, 2.05) is 78.6 Å². The van der Waals surface area contributed by atoms with E-state index in [0.717, 1.165) is 22.2 Å². The smallest absolute Gasteiger partial charge is 0.255 e. The van der Waals surface area contributed by atoms with E-state index in [4.69, 9.17) is 9.47 Å². The predicted octanol–water partition coefficient (Wildman–Crippen LogP) is 3.40. The zero-order valence-corrected chi connectivity index (χ0v) is 27.1. The number of nitrogens with one attached hydrogen (secondary N) is 2. The largest absolute Gasteiger partial charge is 0.493 e. The molecular formula is C36H39N7O5. The lowest BCUT2D eigenvalue weighted by molar-refractivity contribution is -0.123. The Morgan fingerprint density at radius 1 is 1.00 bits per heavy atom. The molecule has 1 aliphatic heterocycles. The maximum absolute atomic E-state index is 14.0. The summed E-state index contributed by atoms with van der Waals surface area (Å²) in [4.78, 5) is 43.2. The third-order valence-corrected chi connectivity index (χ3v) is 8.48. The van der Waals surface area contributed by atoms with Crippen LogP contribution in [0.1, 0.15) is 38.4 Å². The van der Waals surface area contributed by atoms with Gasteiger partial charge in [-0.15, -0.1) is 5.10 Å². The lowest BCUT2D eigenvalue weighted by atomic mass is 10.0. The maximum atomic E-state index is 14.0. The Morgan fingerprint density at radius 3 is 2.67 bits per heavy atom. The third-order valence-electron chi connectivity index (χ3n) is 8.48. The van der Waals surface area contributed by atoms with E-state index in [0.29, 0.717) is 43.0 Å². The number of fused-ring (bicyclic) bond motifs is 4. The Labute approximate surface area is 278 Å². The van der Waals surface area contributed by atoms with Crippen molar-refractivity contribution >= 4 is 28.6 Å². The number of hydrogen-bond acceptors (Lipinski definition) is 7. The first-order chi connectivity index (χ1) is 23.4. The highest BCUT2D eigenvalue weighted by Crippen LogP contribution is 2.31. The molecule has 3 heterocycles. The van der Waals surface area contributed by atoms with Crippen LogP contribution in [0.15, 0.2) is 85.2 Å². The Hall–Kier alpha value is -5.65. The first-order valence-corrected chi connectivity index (χ1v) is 16.1. The maximum Gasteiger partial charge on any atom is 0.255 e. The van der Waals surface area contributed by atoms with Gasteiger partial charge in [-0.3, -0.25) is 19.1 Å². The Bertz CT molecular complexity index is 1900. The highest BCUT2D eigenvalue weighted by molar-refractivity contribution is 6.06. The summed E-state index contributed by atoms with van der Waals surface area (Å²) in [5.41, 5.74) is 3.44. The summed E-state index contributed by atoms with van der Waals surface area (Å²) in [5.74, 6) is -0.258. The number of rotatable bonds is 4. The van der Waals surface area contributed by atoms with Gasteiger partial charge in [0.15, 0.2) is 11.5 Å². The molecule has 0 unspecified atom stereocenters. The van der Waals surface area contributed by atoms with Crippen LogP contribution in [-0.2, 0) is 31.2 Å². The number of hydrogen-bond donors (Lipinski definition) is 2. The van der Waals surface area contributed by atoms with Crippen molar-refractivity contribution in [3.63, 3.8) is 0 Å². The van der Waals surface area contributed by atoms with E-state index in [2.05, 4.69) is 20.9 Å². The van der Waals surface area contributed by atoms with Crippen molar-refractivity contribution in [3.05, 3.63) is 108 Å². The van der Waals surface area contributed by atoms with Crippen molar-refractivity contribution in [2.45, 2.75) is 31.8 Å². The first kappa shape index (κ1) is 32.3. The zero-order chi connectivity index (χ0) is 33.5. The van der Waals surface area contributed by atoms with Crippen molar-refractivity contribution in [1.82, 2.24) is 35.1 Å². The summed E-state index contributed by atoms with van der Waals surface area (Å²) >= 11 is 0. The lowest BCUT2D eigenvalue weighted by Gasteiger charge is -2.24. The van der Waals surface area contributed by atoms with Crippen LogP contribution in [0.25, 0.3) is 10.9 Å². The second-order valence-corrected chi connectivity index (χ2v) is 11.7. The van der Waals surface area contributed by atoms with E-state index in [9.17, 15) is 14.4 Å². The summed E-state index contributed by atoms with van der Waals surface area (Å²) in [5, 5.41) is 15.4. The van der Waals surface area contributed by atoms with Gasteiger partial charge in [0.1, 0.15) is 6.04 Å². The summed E-state index contributed by atoms with van der Waals surface area (Å²) < 4.78 is 15.3. The molecule has 0 radical (unpaired) electrons. The minimum Gasteiger partial charge on any atom is -0.493 e. The molecule has 0 fully saturated rings. The van der Waals surface area contributed by atoms with E-state index in [1.165, 1.54) is 7.11 Å². The van der Waals surface area contributed by atoms with Crippen LogP contribution in [0.4, 0.5) is 0 Å². The lowest BCUT2D eigenvalue weighted by Crippen LogP contribution is -2.50. The van der Waals surface area contributed by atoms with Crippen molar-refractivity contribution in [1.29, 1.82) is 0 Å². The second-order valence-electron chi connectivity index (χ2n) is 11.7. The molecule has 2 bridgehead atoms. The molecule has 0 aliphatic carbocycles. The topological polar surface area (TPSA) is 133 Å². The van der Waals surface area contributed by atoms with Crippen molar-refractivity contribution in [3.8, 4) is 11.5 Å². The van der Waals surface area contributed by atoms with E-state index in [1.54, 1.807) is 27.8 Å². The van der Waals surface area contributed by atoms with Crippen LogP contribution in [0.3, 0.4) is 0 Å². The van der Waals surface area contributed by atoms with E-state index in [-0.39, 0.29) is 43.5 Å². The van der Waals surface area contributed by atoms with Crippen LogP contribution in [0.5, 0.6) is 11.5 Å². The number of para-hydroxylation sites is 1. The van der Waals surface area contributed by atoms with Crippen LogP contribution in [-0.4, -0.2) is 81.6 Å². The number of carbonyl (C=O) groups excluding carboxylic acids is 3. The summed E-state index contributed by atoms with van der Waals surface area (Å²) in [6.45, 7) is 1.63. The molecule has 1 atom stereocenters. The molecular weight excluding hydrogens is 610 g/mol. The zero-order valence-electron chi connectivity index (χ0n) is 27.1. The van der Waals surface area contributed by atoms with Gasteiger partial charge in [0, 0.05) is 81.3 Å². The number of nitrogens with zero attached hydrogens (tertiary/aromatic N) is 5. The monoisotopic (exact) mass is 649 g/mol. The van der Waals surface area contributed by atoms with Gasteiger partial charge in [0.25, 0.3) is 11.8 Å². The Balaban J connectivity index is 1.29. The average molecular weight is 650 g/mol. The predicted molar refractivity (Wildman–Crippen MR) is 180 cm³/mol. The molecule has 3 amide bonds. The summed E-state index contributed by atoms with van der Waals surface area (Å²) in [6.07, 6.45) is 5.14. The molecule has 2 aromatic heterocycles. The number of carbonyl (C=O) groups is 3. The van der Waals surface area contributed by atoms with E-state index >= 15 is 0 Å². The summed E-state index contributed by atoms with van der Waals surface area (Å²) in [7, 11) is 3.46. The quantitative estimate of drug-likeness (QED) is 0.305. The fraction of sp³-hybridized carbons (Fsp3) is 0.306. The SMILES string of the molecule is COc1cccc2c1OCCCn1cc(nn1)CCN(C(=O)c1cccc3c1ccn3C)CCNC(=O)[C@H](Cc1ccccc1)NC2=O. The molecule has 0 spiro atoms. The standard InChI is InChI=1S/C36H39N7O5/c1-41-19-16-27-28(11-6-13-31(27)41)36(46)42-20-15-26-24-43(40-39-26)18-8-22-48-33-29(12-7-14-32(33)47-2)34(44)38-30(35(45)37-17-21-42)23-25-9-4-3-5-10-25/h3-7,9-14,16,19,24,30H,8,15,17-18,20-23H2,1-2H3,(H,37,45)(H,38,44)/t30-/m0/s1. The van der Waals surface area contributed by atoms with Gasteiger partial charge in [-0.05, 0) is 35.9 Å². The normalized spacial score (nSPS) is 16.5. The third kappa shape index (κ3) is 7.33. The fourth-order valence-corrected chi connectivity index (χ4v) is 5.92. The van der Waals surface area contributed by atoms with Crippen LogP contribution in [0, 0.1) is 0 Å². The molecule has 48 heavy (non-hydrogen) atoms. The molecule has 248 valence electrons. The molecule has 12 nitrogen and oxygen atoms in total. The first-order valence-electron chi connectivity index (χ1n) is 16.1. The Morgan fingerprint density at radius 2 is 1.83 bits per heavy atom. The van der Waals surface area contributed by atoms with Gasteiger partial charge < -0.3 is 29.6 Å². The number of aryl methyl sites for hydroxylation is 2. The minimum absolute atomic E-state index is 0.142. The van der Waals surface area contributed by atoms with Gasteiger partial charge in [0.2, 0.25) is 5.91 Å². The molecule has 2 N–H and O–H groups in total. The number of benzene rings is 3. The van der Waals surface area contributed by atoms with Gasteiger partial charge in [-0.25, -0.2) is 0 Å². The molecule has 0 saturated carbocycles. The molecule has 5 aromatic rings. The number of methoxy groups -OCH3 is 1. The average Bonchev–Trinajstić information content (AvgIpc) is 3.73. The van der Waals surface area contributed by atoms with Gasteiger partial charge in [-0.1, -0.05) is 47.7 Å². The molecule has 0 saturated heterocycles. The van der Waals surface area contributed by atoms with Gasteiger partial charge in [-0.2, -0.15) is 0 Å². The minimum atomic E-state index is -0.891. The molecule has 12 heteroatoms. The van der Waals surface area contributed by atoms with Gasteiger partial charge >= 0.3 is 0 Å². The van der Waals surface area contributed by atoms with Crippen LogP contribution < -0.4 is 20.1 Å². The van der Waals surface area contributed by atoms with Gasteiger partial charge in [0.05, 0.1) is 25.0 Å². The molecule has 1 aliphatic rings.